The lowest BCUT2D eigenvalue weighted by Crippen LogP contribution is -2.40. The predicted molar refractivity (Wildman–Crippen MR) is 152 cm³/mol. The molecule has 0 amide bonds. The summed E-state index contributed by atoms with van der Waals surface area (Å²) in [6.45, 7) is 4.09. The summed E-state index contributed by atoms with van der Waals surface area (Å²) in [5.41, 5.74) is 13.3. The Balaban J connectivity index is 1.37. The highest BCUT2D eigenvalue weighted by atomic mass is 16.1. The average molecular weight is 475 g/mol. The van der Waals surface area contributed by atoms with Crippen molar-refractivity contribution in [3.63, 3.8) is 0 Å². The molecular weight excluding hydrogens is 448 g/mol. The molecule has 0 bridgehead atoms. The minimum Gasteiger partial charge on any atom is -0.294 e. The molecule has 5 aliphatic rings. The molecule has 0 N–H and O–H groups in total. The van der Waals surface area contributed by atoms with Gasteiger partial charge in [0.1, 0.15) is 0 Å². The van der Waals surface area contributed by atoms with Gasteiger partial charge in [0.05, 0.1) is 5.92 Å². The summed E-state index contributed by atoms with van der Waals surface area (Å²) in [6, 6.07) is 18.3. The summed E-state index contributed by atoms with van der Waals surface area (Å²) < 4.78 is 0. The summed E-state index contributed by atoms with van der Waals surface area (Å²) >= 11 is 0. The second-order valence-electron chi connectivity index (χ2n) is 11.6. The van der Waals surface area contributed by atoms with E-state index in [2.05, 4.69) is 85.8 Å². The molecular formula is C36H26O. The fraction of sp³-hybridized carbons (Fsp3) is 0.194. The molecule has 9 rings (SSSR count). The standard InChI is InChI=1S/C36H26O/c1-18-15-23-17-22-8-10-27-26-9-7-21-16-20-5-3-4-6-24(20)25-11-12-28(34(26)31(21)25)29-13-14-30(32(22)35(27)29)33(23)36(37)19(18)2/h3-15,30,32-33H,16-17H2,1-2H3. The van der Waals surface area contributed by atoms with Crippen LogP contribution in [0.1, 0.15) is 48.4 Å². The van der Waals surface area contributed by atoms with Crippen molar-refractivity contribution in [2.75, 3.05) is 0 Å². The Morgan fingerprint density at radius 2 is 1.62 bits per heavy atom. The monoisotopic (exact) mass is 474 g/mol. The van der Waals surface area contributed by atoms with E-state index in [9.17, 15) is 4.79 Å². The van der Waals surface area contributed by atoms with Gasteiger partial charge in [0.25, 0.3) is 0 Å². The van der Waals surface area contributed by atoms with Crippen LogP contribution in [0.4, 0.5) is 0 Å². The van der Waals surface area contributed by atoms with Crippen LogP contribution >= 0.6 is 0 Å². The second kappa shape index (κ2) is 6.66. The highest BCUT2D eigenvalue weighted by molar-refractivity contribution is 6.20. The molecule has 1 fully saturated rings. The molecule has 0 heterocycles. The lowest BCUT2D eigenvalue weighted by atomic mass is 9.57. The van der Waals surface area contributed by atoms with Crippen molar-refractivity contribution in [2.24, 2.45) is 11.8 Å². The summed E-state index contributed by atoms with van der Waals surface area (Å²) in [5.74, 6) is 0.792. The van der Waals surface area contributed by atoms with Gasteiger partial charge in [-0.25, -0.2) is 0 Å². The van der Waals surface area contributed by atoms with Gasteiger partial charge in [-0.2, -0.15) is 0 Å². The molecule has 1 nitrogen and oxygen atoms in total. The molecule has 3 unspecified atom stereocenters. The number of carbonyl (C=O) groups excluding carboxylic acids is 1. The predicted octanol–water partition coefficient (Wildman–Crippen LogP) is 7.60. The van der Waals surface area contributed by atoms with Gasteiger partial charge in [-0.3, -0.25) is 4.79 Å². The Hall–Kier alpha value is -3.97. The van der Waals surface area contributed by atoms with E-state index in [1.807, 2.05) is 6.92 Å². The third-order valence-corrected chi connectivity index (χ3v) is 9.98. The Morgan fingerprint density at radius 3 is 2.54 bits per heavy atom. The van der Waals surface area contributed by atoms with Gasteiger partial charge in [0, 0.05) is 11.8 Å². The quantitative estimate of drug-likeness (QED) is 0.226. The number of fused-ring (bicyclic) bond motifs is 6. The molecule has 3 atom stereocenters. The van der Waals surface area contributed by atoms with E-state index in [1.54, 1.807) is 0 Å². The lowest BCUT2D eigenvalue weighted by molar-refractivity contribution is -0.119. The highest BCUT2D eigenvalue weighted by Gasteiger charge is 2.46. The van der Waals surface area contributed by atoms with E-state index in [0.717, 1.165) is 24.0 Å². The van der Waals surface area contributed by atoms with Crippen LogP contribution in [0.5, 0.6) is 0 Å². The summed E-state index contributed by atoms with van der Waals surface area (Å²) in [6.07, 6.45) is 13.7. The van der Waals surface area contributed by atoms with E-state index in [1.165, 1.54) is 71.3 Å². The van der Waals surface area contributed by atoms with Crippen molar-refractivity contribution >= 4 is 39.5 Å². The molecule has 0 radical (unpaired) electrons. The highest BCUT2D eigenvalue weighted by Crippen LogP contribution is 2.55. The molecule has 1 saturated carbocycles. The molecule has 4 aromatic rings. The van der Waals surface area contributed by atoms with Crippen LogP contribution in [0.25, 0.3) is 44.8 Å². The topological polar surface area (TPSA) is 17.1 Å². The minimum atomic E-state index is -0.0243. The molecule has 4 aromatic carbocycles. The number of rotatable bonds is 0. The maximum atomic E-state index is 13.6. The number of hydrogen-bond donors (Lipinski definition) is 0. The maximum absolute atomic E-state index is 13.6. The van der Waals surface area contributed by atoms with Crippen LogP contribution in [-0.4, -0.2) is 5.78 Å². The van der Waals surface area contributed by atoms with E-state index >= 15 is 0 Å². The molecule has 176 valence electrons. The zero-order valence-corrected chi connectivity index (χ0v) is 21.1. The van der Waals surface area contributed by atoms with Gasteiger partial charge < -0.3 is 0 Å². The van der Waals surface area contributed by atoms with Gasteiger partial charge in [-0.05, 0) is 98.0 Å². The van der Waals surface area contributed by atoms with Gasteiger partial charge in [-0.15, -0.1) is 0 Å². The largest absolute Gasteiger partial charge is 0.294 e. The van der Waals surface area contributed by atoms with Crippen LogP contribution in [0, 0.1) is 11.8 Å². The van der Waals surface area contributed by atoms with Crippen molar-refractivity contribution in [1.82, 2.24) is 0 Å². The van der Waals surface area contributed by atoms with E-state index in [-0.39, 0.29) is 17.8 Å². The molecule has 5 aliphatic carbocycles. The van der Waals surface area contributed by atoms with Gasteiger partial charge in [0.15, 0.2) is 5.78 Å². The number of allylic oxidation sites excluding steroid dienone is 7. The molecule has 1 heteroatoms. The molecule has 37 heavy (non-hydrogen) atoms. The van der Waals surface area contributed by atoms with Crippen LogP contribution in [0.3, 0.4) is 0 Å². The fourth-order valence-electron chi connectivity index (χ4n) is 8.26. The first kappa shape index (κ1) is 20.1. The molecule has 0 aliphatic heterocycles. The smallest absolute Gasteiger partial charge is 0.166 e. The zero-order chi connectivity index (χ0) is 24.6. The van der Waals surface area contributed by atoms with Gasteiger partial charge >= 0.3 is 0 Å². The second-order valence-corrected chi connectivity index (χ2v) is 11.6. The van der Waals surface area contributed by atoms with Gasteiger partial charge in [0.2, 0.25) is 0 Å². The van der Waals surface area contributed by atoms with Crippen LogP contribution in [0.15, 0.2) is 89.1 Å². The maximum Gasteiger partial charge on any atom is 0.166 e. The first-order valence-electron chi connectivity index (χ1n) is 13.5. The molecule has 0 saturated heterocycles. The number of hydrogen-bond acceptors (Lipinski definition) is 1. The van der Waals surface area contributed by atoms with Crippen LogP contribution in [0.2, 0.25) is 0 Å². The van der Waals surface area contributed by atoms with Crippen LogP contribution < -0.4 is 5.22 Å². The SMILES string of the molecule is CC1=C(C)C(=O)C2C(=C1)CC1=CC=c3c4c(c5ccc6c7c(ccc3c57)Cc3ccccc3-6)C=CC2C14. The number of benzene rings is 4. The van der Waals surface area contributed by atoms with E-state index in [4.69, 9.17) is 0 Å². The number of carbonyl (C=O) groups is 1. The first-order valence-corrected chi connectivity index (χ1v) is 13.5. The minimum absolute atomic E-state index is 0.0243. The zero-order valence-electron chi connectivity index (χ0n) is 21.1. The lowest BCUT2D eigenvalue weighted by Gasteiger charge is -2.45. The van der Waals surface area contributed by atoms with Crippen molar-refractivity contribution < 1.29 is 4.79 Å². The number of Topliss-reactive ketones (excluding diaryl/α,β-unsaturated/α-hetero) is 1. The van der Waals surface area contributed by atoms with E-state index < -0.39 is 0 Å². The third kappa shape index (κ3) is 2.34. The average Bonchev–Trinajstić information content (AvgIpc) is 2.92. The third-order valence-electron chi connectivity index (χ3n) is 9.98. The Labute approximate surface area is 216 Å². The summed E-state index contributed by atoms with van der Waals surface area (Å²) in [5, 5.41) is 6.93. The first-order chi connectivity index (χ1) is 18.1. The van der Waals surface area contributed by atoms with Crippen LogP contribution in [-0.2, 0) is 11.2 Å². The number of ketones is 1. The Kier molecular flexibility index (Phi) is 3.63. The van der Waals surface area contributed by atoms with Crippen molar-refractivity contribution in [1.29, 1.82) is 0 Å². The normalized spacial score (nSPS) is 24.4. The van der Waals surface area contributed by atoms with Crippen molar-refractivity contribution in [2.45, 2.75) is 32.6 Å². The molecule has 0 spiro atoms. The van der Waals surface area contributed by atoms with Crippen molar-refractivity contribution in [3.8, 4) is 11.1 Å². The summed E-state index contributed by atoms with van der Waals surface area (Å²) in [7, 11) is 0. The fourth-order valence-corrected chi connectivity index (χ4v) is 8.26. The van der Waals surface area contributed by atoms with E-state index in [0.29, 0.717) is 5.78 Å². The Bertz CT molecular complexity index is 1970. The van der Waals surface area contributed by atoms with Gasteiger partial charge in [-0.1, -0.05) is 90.1 Å². The summed E-state index contributed by atoms with van der Waals surface area (Å²) in [4.78, 5) is 13.6. The van der Waals surface area contributed by atoms with Crippen molar-refractivity contribution in [3.05, 3.63) is 117 Å². The molecule has 0 aromatic heterocycles. The Morgan fingerprint density at radius 1 is 0.757 bits per heavy atom.